The van der Waals surface area contributed by atoms with Crippen LogP contribution in [0.2, 0.25) is 0 Å². The van der Waals surface area contributed by atoms with Crippen molar-refractivity contribution in [1.29, 1.82) is 0 Å². The number of rotatable bonds is 6. The molecule has 1 aromatic heterocycles. The highest BCUT2D eigenvalue weighted by molar-refractivity contribution is 5.79. The van der Waals surface area contributed by atoms with Crippen molar-refractivity contribution in [2.24, 2.45) is 5.92 Å². The molecule has 1 aromatic rings. The fraction of sp³-hybridized carbons (Fsp3) is 0.667. The molecule has 1 fully saturated rings. The minimum atomic E-state index is 0.0197. The molecule has 27 heavy (non-hydrogen) atoms. The van der Waals surface area contributed by atoms with Gasteiger partial charge in [0, 0.05) is 31.1 Å². The lowest BCUT2D eigenvalue weighted by atomic mass is 10.0. The third kappa shape index (κ3) is 4.32. The van der Waals surface area contributed by atoms with Gasteiger partial charge in [-0.3, -0.25) is 14.5 Å². The lowest BCUT2D eigenvalue weighted by Gasteiger charge is -2.36. The molecule has 6 heteroatoms. The molecule has 1 unspecified atom stereocenters. The van der Waals surface area contributed by atoms with Gasteiger partial charge in [-0.05, 0) is 57.1 Å². The van der Waals surface area contributed by atoms with Gasteiger partial charge in [0.25, 0.3) is 5.56 Å². The third-order valence-electron chi connectivity index (χ3n) is 6.26. The Balaban J connectivity index is 1.32. The lowest BCUT2D eigenvalue weighted by Crippen LogP contribution is -2.48. The first-order valence-electron chi connectivity index (χ1n) is 10.5. The Labute approximate surface area is 160 Å². The molecule has 4 rings (SSSR count). The molecule has 0 bridgehead atoms. The molecule has 1 aliphatic heterocycles. The van der Waals surface area contributed by atoms with Crippen LogP contribution in [0, 0.1) is 5.92 Å². The summed E-state index contributed by atoms with van der Waals surface area (Å²) in [5.41, 5.74) is 2.25. The summed E-state index contributed by atoms with van der Waals surface area (Å²) < 4.78 is 1.64. The topological polar surface area (TPSA) is 67.2 Å². The fourth-order valence-corrected chi connectivity index (χ4v) is 4.60. The van der Waals surface area contributed by atoms with Gasteiger partial charge in [-0.15, -0.1) is 0 Å². The first-order chi connectivity index (χ1) is 13.2. The number of carbonyl (C=O) groups excluding carboxylic acids is 1. The van der Waals surface area contributed by atoms with Crippen molar-refractivity contribution in [1.82, 2.24) is 20.0 Å². The van der Waals surface area contributed by atoms with Gasteiger partial charge in [0.2, 0.25) is 5.91 Å². The zero-order valence-electron chi connectivity index (χ0n) is 16.0. The SMILES string of the molecule is O=C(NCC1CCCCN1CCn1nc2c(cc1=O)CCC2)C1CC=CC1. The molecule has 0 aromatic carbocycles. The Morgan fingerprint density at radius 3 is 2.85 bits per heavy atom. The quantitative estimate of drug-likeness (QED) is 0.774. The molecule has 146 valence electrons. The number of hydrogen-bond acceptors (Lipinski definition) is 4. The van der Waals surface area contributed by atoms with Crippen molar-refractivity contribution in [3.63, 3.8) is 0 Å². The fourth-order valence-electron chi connectivity index (χ4n) is 4.60. The summed E-state index contributed by atoms with van der Waals surface area (Å²) in [5, 5.41) is 7.75. The van der Waals surface area contributed by atoms with E-state index in [1.165, 1.54) is 12.8 Å². The maximum Gasteiger partial charge on any atom is 0.267 e. The van der Waals surface area contributed by atoms with Crippen molar-refractivity contribution in [3.8, 4) is 0 Å². The van der Waals surface area contributed by atoms with Crippen LogP contribution in [0.15, 0.2) is 23.0 Å². The highest BCUT2D eigenvalue weighted by atomic mass is 16.2. The summed E-state index contributed by atoms with van der Waals surface area (Å²) >= 11 is 0. The van der Waals surface area contributed by atoms with Gasteiger partial charge >= 0.3 is 0 Å². The summed E-state index contributed by atoms with van der Waals surface area (Å²) in [5.74, 6) is 0.304. The van der Waals surface area contributed by atoms with E-state index in [4.69, 9.17) is 0 Å². The van der Waals surface area contributed by atoms with Gasteiger partial charge in [-0.2, -0.15) is 5.10 Å². The van der Waals surface area contributed by atoms with E-state index in [0.717, 1.165) is 62.9 Å². The number of aryl methyl sites for hydroxylation is 2. The second kappa shape index (κ2) is 8.38. The average Bonchev–Trinajstić information content (AvgIpc) is 3.36. The molecule has 1 saturated heterocycles. The van der Waals surface area contributed by atoms with Gasteiger partial charge in [0.05, 0.1) is 12.2 Å². The van der Waals surface area contributed by atoms with Crippen LogP contribution < -0.4 is 10.9 Å². The molecule has 1 amide bonds. The number of nitrogens with one attached hydrogen (secondary N) is 1. The molecule has 2 aliphatic carbocycles. The standard InChI is InChI=1S/C21H30N4O2/c26-20-14-17-8-5-10-19(17)23-25(20)13-12-24-11-4-3-9-18(24)15-22-21(27)16-6-1-2-7-16/h1-2,14,16,18H,3-13,15H2,(H,22,27). The number of hydrogen-bond donors (Lipinski definition) is 1. The molecular weight excluding hydrogens is 340 g/mol. The second-order valence-corrected chi connectivity index (χ2v) is 8.10. The van der Waals surface area contributed by atoms with E-state index in [1.54, 1.807) is 10.7 Å². The van der Waals surface area contributed by atoms with Gasteiger partial charge in [-0.1, -0.05) is 18.6 Å². The lowest BCUT2D eigenvalue weighted by molar-refractivity contribution is -0.125. The van der Waals surface area contributed by atoms with E-state index in [-0.39, 0.29) is 17.4 Å². The largest absolute Gasteiger partial charge is 0.354 e. The van der Waals surface area contributed by atoms with Crippen LogP contribution in [0.5, 0.6) is 0 Å². The molecule has 2 heterocycles. The number of fused-ring (bicyclic) bond motifs is 1. The summed E-state index contributed by atoms with van der Waals surface area (Å²) in [7, 11) is 0. The Bertz CT molecular complexity index is 762. The summed E-state index contributed by atoms with van der Waals surface area (Å²) in [6.07, 6.45) is 12.5. The second-order valence-electron chi connectivity index (χ2n) is 8.10. The molecule has 3 aliphatic rings. The molecule has 1 atom stereocenters. The number of likely N-dealkylation sites (tertiary alicyclic amines) is 1. The highest BCUT2D eigenvalue weighted by Gasteiger charge is 2.25. The van der Waals surface area contributed by atoms with Gasteiger partial charge in [-0.25, -0.2) is 4.68 Å². The van der Waals surface area contributed by atoms with Gasteiger partial charge in [0.1, 0.15) is 0 Å². The van der Waals surface area contributed by atoms with Crippen LogP contribution in [0.3, 0.4) is 0 Å². The molecule has 0 saturated carbocycles. The van der Waals surface area contributed by atoms with Crippen molar-refractivity contribution < 1.29 is 4.79 Å². The van der Waals surface area contributed by atoms with Crippen LogP contribution >= 0.6 is 0 Å². The predicted molar refractivity (Wildman–Crippen MR) is 105 cm³/mol. The van der Waals surface area contributed by atoms with Crippen LogP contribution in [-0.2, 0) is 24.2 Å². The summed E-state index contributed by atoms with van der Waals surface area (Å²) in [6.45, 7) is 3.19. The number of amides is 1. The highest BCUT2D eigenvalue weighted by Crippen LogP contribution is 2.20. The van der Waals surface area contributed by atoms with Gasteiger partial charge in [0.15, 0.2) is 0 Å². The monoisotopic (exact) mass is 370 g/mol. The Morgan fingerprint density at radius 1 is 1.15 bits per heavy atom. The molecule has 0 spiro atoms. The molecule has 1 N–H and O–H groups in total. The molecular formula is C21H30N4O2. The van der Waals surface area contributed by atoms with Crippen LogP contribution in [0.4, 0.5) is 0 Å². The number of carbonyl (C=O) groups is 1. The molecule has 6 nitrogen and oxygen atoms in total. The smallest absolute Gasteiger partial charge is 0.267 e. The number of piperidine rings is 1. The minimum Gasteiger partial charge on any atom is -0.354 e. The van der Waals surface area contributed by atoms with Crippen molar-refractivity contribution in [3.05, 3.63) is 39.8 Å². The van der Waals surface area contributed by atoms with Crippen molar-refractivity contribution in [2.45, 2.75) is 64.0 Å². The number of allylic oxidation sites excluding steroid dienone is 2. The Morgan fingerprint density at radius 2 is 2.00 bits per heavy atom. The van der Waals surface area contributed by atoms with Crippen molar-refractivity contribution >= 4 is 5.91 Å². The first kappa shape index (κ1) is 18.4. The first-order valence-corrected chi connectivity index (χ1v) is 10.5. The van der Waals surface area contributed by atoms with E-state index in [9.17, 15) is 9.59 Å². The summed E-state index contributed by atoms with van der Waals surface area (Å²) in [4.78, 5) is 27.0. The zero-order valence-corrected chi connectivity index (χ0v) is 16.0. The molecule has 0 radical (unpaired) electrons. The number of aromatic nitrogens is 2. The summed E-state index contributed by atoms with van der Waals surface area (Å²) in [6, 6.07) is 2.14. The number of nitrogens with zero attached hydrogens (tertiary/aromatic N) is 3. The average molecular weight is 370 g/mol. The maximum atomic E-state index is 12.3. The zero-order chi connectivity index (χ0) is 18.6. The van der Waals surface area contributed by atoms with Crippen LogP contribution in [0.1, 0.15) is 49.8 Å². The van der Waals surface area contributed by atoms with E-state index in [2.05, 4.69) is 27.5 Å². The van der Waals surface area contributed by atoms with E-state index in [1.807, 2.05) is 0 Å². The Kier molecular flexibility index (Phi) is 5.72. The Hall–Kier alpha value is -1.95. The van der Waals surface area contributed by atoms with E-state index in [0.29, 0.717) is 19.1 Å². The minimum absolute atomic E-state index is 0.0197. The third-order valence-corrected chi connectivity index (χ3v) is 6.26. The van der Waals surface area contributed by atoms with Crippen LogP contribution in [0.25, 0.3) is 0 Å². The van der Waals surface area contributed by atoms with E-state index < -0.39 is 0 Å². The van der Waals surface area contributed by atoms with Crippen LogP contribution in [-0.4, -0.2) is 46.3 Å². The maximum absolute atomic E-state index is 12.3. The van der Waals surface area contributed by atoms with E-state index >= 15 is 0 Å². The predicted octanol–water partition coefficient (Wildman–Crippen LogP) is 1.67. The van der Waals surface area contributed by atoms with Gasteiger partial charge < -0.3 is 5.32 Å². The van der Waals surface area contributed by atoms with Crippen molar-refractivity contribution in [2.75, 3.05) is 19.6 Å². The normalized spacial score (nSPS) is 22.9.